The van der Waals surface area contributed by atoms with Gasteiger partial charge in [-0.3, -0.25) is 9.47 Å². The molecule has 2 N–H and O–H groups in total. The van der Waals surface area contributed by atoms with Crippen LogP contribution in [0.4, 0.5) is 10.5 Å². The molecular weight excluding hydrogens is 500 g/mol. The zero-order valence-corrected chi connectivity index (χ0v) is 22.2. The van der Waals surface area contributed by atoms with Gasteiger partial charge in [-0.2, -0.15) is 5.26 Å². The van der Waals surface area contributed by atoms with Crippen molar-refractivity contribution in [1.29, 1.82) is 5.26 Å². The summed E-state index contributed by atoms with van der Waals surface area (Å²) in [5.41, 5.74) is 6.98. The molecule has 1 aliphatic heterocycles. The summed E-state index contributed by atoms with van der Waals surface area (Å²) in [6.07, 6.45) is 0.935. The van der Waals surface area contributed by atoms with Crippen molar-refractivity contribution < 1.29 is 28.6 Å². The summed E-state index contributed by atoms with van der Waals surface area (Å²) >= 11 is 0. The Morgan fingerprint density at radius 2 is 1.62 bits per heavy atom. The lowest BCUT2D eigenvalue weighted by molar-refractivity contribution is -0.139. The van der Waals surface area contributed by atoms with E-state index in [1.54, 1.807) is 75.4 Å². The lowest BCUT2D eigenvalue weighted by Gasteiger charge is -2.36. The average Bonchev–Trinajstić information content (AvgIpc) is 3.36. The minimum atomic E-state index is -0.987. The Bertz CT molecular complexity index is 1570. The van der Waals surface area contributed by atoms with Gasteiger partial charge in [0, 0.05) is 11.6 Å². The minimum Gasteiger partial charge on any atom is -0.466 e. The Morgan fingerprint density at radius 1 is 0.949 bits per heavy atom. The van der Waals surface area contributed by atoms with Gasteiger partial charge in [-0.05, 0) is 44.5 Å². The van der Waals surface area contributed by atoms with Crippen LogP contribution in [0.1, 0.15) is 32.3 Å². The molecule has 200 valence electrons. The molecule has 10 heteroatoms. The summed E-state index contributed by atoms with van der Waals surface area (Å²) < 4.78 is 17.0. The highest BCUT2D eigenvalue weighted by molar-refractivity contribution is 6.09. The summed E-state index contributed by atoms with van der Waals surface area (Å²) in [7, 11) is 2.37. The van der Waals surface area contributed by atoms with E-state index in [-0.39, 0.29) is 22.7 Å². The van der Waals surface area contributed by atoms with Crippen molar-refractivity contribution in [2.45, 2.75) is 32.3 Å². The van der Waals surface area contributed by atoms with Gasteiger partial charge in [0.05, 0.1) is 48.6 Å². The first-order valence-corrected chi connectivity index (χ1v) is 12.0. The van der Waals surface area contributed by atoms with Gasteiger partial charge in [0.2, 0.25) is 0 Å². The first-order chi connectivity index (χ1) is 18.5. The van der Waals surface area contributed by atoms with Gasteiger partial charge < -0.3 is 19.9 Å². The van der Waals surface area contributed by atoms with Crippen LogP contribution in [0.3, 0.4) is 0 Å². The lowest BCUT2D eigenvalue weighted by atomic mass is 9.81. The first-order valence-electron chi connectivity index (χ1n) is 12.0. The van der Waals surface area contributed by atoms with Crippen LogP contribution < -0.4 is 10.6 Å². The Balaban J connectivity index is 2.03. The van der Waals surface area contributed by atoms with Gasteiger partial charge in [0.15, 0.2) is 0 Å². The van der Waals surface area contributed by atoms with Crippen LogP contribution in [0.15, 0.2) is 83.5 Å². The number of hydrogen-bond acceptors (Lipinski definition) is 9. The van der Waals surface area contributed by atoms with E-state index in [0.29, 0.717) is 22.2 Å². The Hall–Kier alpha value is -5.04. The molecule has 0 saturated heterocycles. The summed E-state index contributed by atoms with van der Waals surface area (Å²) in [6, 6.07) is 17.5. The SMILES string of the molecule is COC(=O)C1=C(C(=O)OC)N(c2cccc3c2ccn3C(=O)OC(C)(C)C)C(N)=C(C#N)C1c1ccccc1. The molecule has 10 nitrogen and oxygen atoms in total. The summed E-state index contributed by atoms with van der Waals surface area (Å²) in [6.45, 7) is 5.28. The molecule has 0 fully saturated rings. The fraction of sp³-hybridized carbons (Fsp3) is 0.241. The Kier molecular flexibility index (Phi) is 7.19. The number of benzene rings is 2. The van der Waals surface area contributed by atoms with Crippen LogP contribution in [-0.4, -0.2) is 42.4 Å². The fourth-order valence-electron chi connectivity index (χ4n) is 4.58. The molecule has 0 bridgehead atoms. The van der Waals surface area contributed by atoms with Crippen LogP contribution in [0, 0.1) is 11.3 Å². The molecule has 0 radical (unpaired) electrons. The topological polar surface area (TPSA) is 137 Å². The number of methoxy groups -OCH3 is 2. The third-order valence-electron chi connectivity index (χ3n) is 6.15. The summed E-state index contributed by atoms with van der Waals surface area (Å²) in [4.78, 5) is 40.8. The smallest absolute Gasteiger partial charge is 0.418 e. The van der Waals surface area contributed by atoms with Crippen molar-refractivity contribution in [2.24, 2.45) is 5.73 Å². The second kappa shape index (κ2) is 10.4. The number of ether oxygens (including phenoxy) is 3. The van der Waals surface area contributed by atoms with E-state index in [4.69, 9.17) is 19.9 Å². The molecule has 3 aromatic rings. The Morgan fingerprint density at radius 3 is 2.21 bits per heavy atom. The highest BCUT2D eigenvalue weighted by atomic mass is 16.6. The van der Waals surface area contributed by atoms with E-state index in [1.165, 1.54) is 29.9 Å². The predicted octanol–water partition coefficient (Wildman–Crippen LogP) is 4.32. The number of aromatic nitrogens is 1. The highest BCUT2D eigenvalue weighted by Gasteiger charge is 2.43. The molecule has 0 spiro atoms. The number of allylic oxidation sites excluding steroid dienone is 1. The number of carbonyl (C=O) groups is 3. The van der Waals surface area contributed by atoms with E-state index in [9.17, 15) is 19.6 Å². The molecular formula is C29H28N4O6. The van der Waals surface area contributed by atoms with Crippen molar-refractivity contribution in [3.05, 3.63) is 89.0 Å². The van der Waals surface area contributed by atoms with E-state index >= 15 is 0 Å². The minimum absolute atomic E-state index is 0.0397. The quantitative estimate of drug-likeness (QED) is 0.388. The zero-order valence-electron chi connectivity index (χ0n) is 22.2. The normalized spacial score (nSPS) is 15.7. The average molecular weight is 529 g/mol. The van der Waals surface area contributed by atoms with Gasteiger partial charge in [-0.1, -0.05) is 36.4 Å². The number of carbonyl (C=O) groups excluding carboxylic acids is 3. The highest BCUT2D eigenvalue weighted by Crippen LogP contribution is 2.44. The number of nitriles is 1. The molecule has 1 unspecified atom stereocenters. The van der Waals surface area contributed by atoms with Crippen LogP contribution in [0.2, 0.25) is 0 Å². The van der Waals surface area contributed by atoms with Gasteiger partial charge in [0.25, 0.3) is 0 Å². The maximum Gasteiger partial charge on any atom is 0.418 e. The fourth-order valence-corrected chi connectivity index (χ4v) is 4.58. The van der Waals surface area contributed by atoms with Crippen LogP contribution in [0.5, 0.6) is 0 Å². The number of fused-ring (bicyclic) bond motifs is 1. The van der Waals surface area contributed by atoms with Gasteiger partial charge in [-0.25, -0.2) is 14.4 Å². The monoisotopic (exact) mass is 528 g/mol. The van der Waals surface area contributed by atoms with Crippen LogP contribution in [0.25, 0.3) is 10.9 Å². The van der Waals surface area contributed by atoms with Gasteiger partial charge in [0.1, 0.15) is 17.1 Å². The van der Waals surface area contributed by atoms with E-state index < -0.39 is 29.6 Å². The van der Waals surface area contributed by atoms with E-state index in [1.807, 2.05) is 0 Å². The number of esters is 2. The molecule has 1 atom stereocenters. The van der Waals surface area contributed by atoms with Crippen molar-refractivity contribution in [1.82, 2.24) is 4.57 Å². The molecule has 0 amide bonds. The van der Waals surface area contributed by atoms with Crippen molar-refractivity contribution in [2.75, 3.05) is 19.1 Å². The second-order valence-corrected chi connectivity index (χ2v) is 9.71. The molecule has 4 rings (SSSR count). The van der Waals surface area contributed by atoms with Gasteiger partial charge >= 0.3 is 18.0 Å². The van der Waals surface area contributed by atoms with Gasteiger partial charge in [-0.15, -0.1) is 0 Å². The zero-order chi connectivity index (χ0) is 28.5. The molecule has 1 aromatic heterocycles. The van der Waals surface area contributed by atoms with Crippen molar-refractivity contribution in [3.63, 3.8) is 0 Å². The molecule has 1 aliphatic rings. The van der Waals surface area contributed by atoms with Crippen molar-refractivity contribution >= 4 is 34.6 Å². The predicted molar refractivity (Wildman–Crippen MR) is 143 cm³/mol. The maximum absolute atomic E-state index is 13.3. The largest absolute Gasteiger partial charge is 0.466 e. The number of nitrogens with two attached hydrogens (primary N) is 1. The molecule has 2 heterocycles. The standard InChI is InChI=1S/C29H28N4O6/c1-29(2,3)39-28(36)32-15-14-18-20(32)12-9-13-21(18)33-24(27(35)38-5)23(26(34)37-4)22(19(16-30)25(33)31)17-10-7-6-8-11-17/h6-15,22H,31H2,1-5H3. The second-order valence-electron chi connectivity index (χ2n) is 9.71. The maximum atomic E-state index is 13.3. The lowest BCUT2D eigenvalue weighted by Crippen LogP contribution is -2.40. The summed E-state index contributed by atoms with van der Waals surface area (Å²) in [5, 5.41) is 10.7. The number of nitrogens with zero attached hydrogens (tertiary/aromatic N) is 3. The molecule has 39 heavy (non-hydrogen) atoms. The number of rotatable bonds is 4. The third-order valence-corrected chi connectivity index (χ3v) is 6.15. The number of hydrogen-bond donors (Lipinski definition) is 1. The number of anilines is 1. The van der Waals surface area contributed by atoms with E-state index in [0.717, 1.165) is 0 Å². The van der Waals surface area contributed by atoms with Crippen LogP contribution in [-0.2, 0) is 23.8 Å². The van der Waals surface area contributed by atoms with Crippen LogP contribution >= 0.6 is 0 Å². The molecule has 0 saturated carbocycles. The van der Waals surface area contributed by atoms with Crippen molar-refractivity contribution in [3.8, 4) is 6.07 Å². The molecule has 0 aliphatic carbocycles. The van der Waals surface area contributed by atoms with E-state index in [2.05, 4.69) is 6.07 Å². The summed E-state index contributed by atoms with van der Waals surface area (Å²) in [5.74, 6) is -2.75. The first kappa shape index (κ1) is 27.0. The Labute approximate surface area is 225 Å². The third kappa shape index (κ3) is 4.82. The molecule has 2 aromatic carbocycles.